The Bertz CT molecular complexity index is 1160. The number of hydrogen-bond donors (Lipinski definition) is 3. The van der Waals surface area contributed by atoms with Crippen LogP contribution < -0.4 is 16.3 Å². The van der Waals surface area contributed by atoms with Crippen LogP contribution in [-0.4, -0.2) is 51.3 Å². The summed E-state index contributed by atoms with van der Waals surface area (Å²) in [6.45, 7) is 2.28. The zero-order valence-electron chi connectivity index (χ0n) is 20.1. The highest BCUT2D eigenvalue weighted by Crippen LogP contribution is 2.26. The summed E-state index contributed by atoms with van der Waals surface area (Å²) in [7, 11) is 1.77. The van der Waals surface area contributed by atoms with Gasteiger partial charge < -0.3 is 10.4 Å². The number of imide groups is 1. The zero-order valence-corrected chi connectivity index (χ0v) is 20.1. The van der Waals surface area contributed by atoms with Crippen LogP contribution >= 0.6 is 0 Å². The molecule has 1 unspecified atom stereocenters. The van der Waals surface area contributed by atoms with Crippen molar-refractivity contribution in [3.05, 3.63) is 34.2 Å². The van der Waals surface area contributed by atoms with Gasteiger partial charge in [-0.3, -0.25) is 24.0 Å². The highest BCUT2D eigenvalue weighted by Gasteiger charge is 2.38. The van der Waals surface area contributed by atoms with Gasteiger partial charge >= 0.3 is 17.8 Å². The molecular weight excluding hydrogens is 481 g/mol. The molecule has 198 valence electrons. The molecular formula is C24H31F3N4O5. The number of amides is 2. The lowest BCUT2D eigenvalue weighted by atomic mass is 9.91. The number of piperidine rings is 2. The maximum Gasteiger partial charge on any atom is 0.490 e. The van der Waals surface area contributed by atoms with Crippen molar-refractivity contribution < 1.29 is 32.7 Å². The van der Waals surface area contributed by atoms with Crippen molar-refractivity contribution in [2.45, 2.75) is 63.6 Å². The second-order valence-electron chi connectivity index (χ2n) is 9.21. The number of imidazole rings is 1. The molecule has 0 spiro atoms. The minimum absolute atomic E-state index is 0.198. The van der Waals surface area contributed by atoms with E-state index in [2.05, 4.69) is 16.7 Å². The average Bonchev–Trinajstić information content (AvgIpc) is 3.08. The van der Waals surface area contributed by atoms with E-state index in [-0.39, 0.29) is 23.9 Å². The maximum atomic E-state index is 13.0. The van der Waals surface area contributed by atoms with Crippen LogP contribution in [0, 0.1) is 5.92 Å². The van der Waals surface area contributed by atoms with Crippen molar-refractivity contribution in [1.29, 1.82) is 0 Å². The molecule has 3 N–H and O–H groups in total. The predicted octanol–water partition coefficient (Wildman–Crippen LogP) is 2.66. The Labute approximate surface area is 205 Å². The molecule has 2 amide bonds. The number of benzene rings is 1. The first-order valence-electron chi connectivity index (χ1n) is 12.0. The third-order valence-electron chi connectivity index (χ3n) is 6.72. The molecule has 1 aromatic heterocycles. The van der Waals surface area contributed by atoms with Crippen LogP contribution in [0.1, 0.15) is 56.6 Å². The summed E-state index contributed by atoms with van der Waals surface area (Å²) < 4.78 is 35.0. The number of rotatable bonds is 6. The molecule has 2 aliphatic rings. The van der Waals surface area contributed by atoms with E-state index in [1.54, 1.807) is 16.2 Å². The first kappa shape index (κ1) is 27.4. The van der Waals surface area contributed by atoms with Gasteiger partial charge in [0.2, 0.25) is 11.8 Å². The number of para-hydroxylation sites is 1. The Morgan fingerprint density at radius 2 is 1.78 bits per heavy atom. The van der Waals surface area contributed by atoms with Crippen LogP contribution in [0.25, 0.3) is 11.0 Å². The number of fused-ring (bicyclic) bond motifs is 1. The lowest BCUT2D eigenvalue weighted by Gasteiger charge is -2.22. The number of halogens is 3. The molecule has 1 aromatic carbocycles. The van der Waals surface area contributed by atoms with Crippen LogP contribution in [0.4, 0.5) is 13.2 Å². The number of unbranched alkanes of at least 4 members (excludes halogenated alkanes) is 1. The molecule has 4 rings (SSSR count). The summed E-state index contributed by atoms with van der Waals surface area (Å²) in [5.41, 5.74) is 2.64. The van der Waals surface area contributed by atoms with Gasteiger partial charge in [-0.2, -0.15) is 13.2 Å². The van der Waals surface area contributed by atoms with E-state index in [4.69, 9.17) is 9.90 Å². The first-order chi connectivity index (χ1) is 17.0. The van der Waals surface area contributed by atoms with Crippen LogP contribution in [0.5, 0.6) is 0 Å². The summed E-state index contributed by atoms with van der Waals surface area (Å²) >= 11 is 0. The van der Waals surface area contributed by atoms with Gasteiger partial charge in [0.1, 0.15) is 6.04 Å². The van der Waals surface area contributed by atoms with Gasteiger partial charge in [0.15, 0.2) is 0 Å². The van der Waals surface area contributed by atoms with Gasteiger partial charge in [-0.05, 0) is 62.7 Å². The number of carboxylic acids is 1. The second kappa shape index (κ2) is 11.7. The van der Waals surface area contributed by atoms with Crippen LogP contribution in [-0.2, 0) is 27.9 Å². The molecule has 2 aromatic rings. The van der Waals surface area contributed by atoms with Crippen molar-refractivity contribution in [3.8, 4) is 0 Å². The number of carboxylic acid groups (broad SMARTS) is 1. The lowest BCUT2D eigenvalue weighted by Crippen LogP contribution is -2.44. The summed E-state index contributed by atoms with van der Waals surface area (Å²) in [6.07, 6.45) is 2.59. The quantitative estimate of drug-likeness (QED) is 0.404. The summed E-state index contributed by atoms with van der Waals surface area (Å²) in [4.78, 5) is 45.7. The molecule has 12 heteroatoms. The Morgan fingerprint density at radius 1 is 1.11 bits per heavy atom. The number of carbonyl (C=O) groups is 3. The Balaban J connectivity index is 0.000000454. The van der Waals surface area contributed by atoms with E-state index >= 15 is 0 Å². The average molecular weight is 513 g/mol. The minimum atomic E-state index is -5.08. The maximum absolute atomic E-state index is 13.0. The number of nitrogens with one attached hydrogen (secondary N) is 2. The number of aliphatic carboxylic acids is 1. The predicted molar refractivity (Wildman–Crippen MR) is 125 cm³/mol. The van der Waals surface area contributed by atoms with E-state index in [0.717, 1.165) is 48.4 Å². The molecule has 2 fully saturated rings. The van der Waals surface area contributed by atoms with Crippen molar-refractivity contribution in [1.82, 2.24) is 19.8 Å². The number of nitrogens with zero attached hydrogens (tertiary/aromatic N) is 2. The fourth-order valence-corrected chi connectivity index (χ4v) is 4.87. The zero-order chi connectivity index (χ0) is 26.5. The topological polar surface area (TPSA) is 122 Å². The Kier molecular flexibility index (Phi) is 8.93. The molecule has 0 aliphatic carbocycles. The highest BCUT2D eigenvalue weighted by atomic mass is 19.4. The number of alkyl halides is 3. The van der Waals surface area contributed by atoms with Gasteiger partial charge in [0, 0.05) is 13.5 Å². The molecule has 1 atom stereocenters. The number of aryl methyl sites for hydroxylation is 2. The Morgan fingerprint density at radius 3 is 2.39 bits per heavy atom. The van der Waals surface area contributed by atoms with Crippen molar-refractivity contribution in [3.63, 3.8) is 0 Å². The third kappa shape index (κ3) is 6.54. The van der Waals surface area contributed by atoms with Crippen molar-refractivity contribution in [2.24, 2.45) is 13.0 Å². The van der Waals surface area contributed by atoms with Gasteiger partial charge in [-0.25, -0.2) is 9.59 Å². The van der Waals surface area contributed by atoms with Crippen LogP contribution in [0.15, 0.2) is 23.0 Å². The molecule has 0 bridgehead atoms. The van der Waals surface area contributed by atoms with E-state index < -0.39 is 18.2 Å². The standard InChI is InChI=1S/C22H30N4O3.C2HF3O2/c1-25-20-16(6-3-2-5-15-11-13-23-14-12-15)7-4-8-17(20)26(22(25)29)18-9-10-19(27)24-21(18)28;3-2(4,5)1(6)7/h4,7-8,15,18,23H,2-3,5-6,9-14H2,1H3,(H,24,27,28);(H,6,7). The Hall–Kier alpha value is -3.15. The monoisotopic (exact) mass is 512 g/mol. The first-order valence-corrected chi connectivity index (χ1v) is 12.0. The minimum Gasteiger partial charge on any atom is -0.475 e. The van der Waals surface area contributed by atoms with E-state index in [1.165, 1.54) is 25.7 Å². The molecule has 0 saturated carbocycles. The highest BCUT2D eigenvalue weighted by molar-refractivity contribution is 6.00. The van der Waals surface area contributed by atoms with E-state index in [0.29, 0.717) is 6.42 Å². The molecule has 9 nitrogen and oxygen atoms in total. The fraction of sp³-hybridized carbons (Fsp3) is 0.583. The van der Waals surface area contributed by atoms with E-state index in [1.807, 2.05) is 12.1 Å². The fourth-order valence-electron chi connectivity index (χ4n) is 4.87. The van der Waals surface area contributed by atoms with Gasteiger partial charge in [0.25, 0.3) is 0 Å². The number of aromatic nitrogens is 2. The smallest absolute Gasteiger partial charge is 0.475 e. The van der Waals surface area contributed by atoms with Crippen LogP contribution in [0.2, 0.25) is 0 Å². The molecule has 3 heterocycles. The van der Waals surface area contributed by atoms with Crippen molar-refractivity contribution >= 4 is 28.8 Å². The molecule has 0 radical (unpaired) electrons. The van der Waals surface area contributed by atoms with E-state index in [9.17, 15) is 27.6 Å². The SMILES string of the molecule is Cn1c(=O)n(C2CCC(=O)NC2=O)c2cccc(CCCCC3CCNCC3)c21.O=C(O)C(F)(F)F. The van der Waals surface area contributed by atoms with Crippen molar-refractivity contribution in [2.75, 3.05) is 13.1 Å². The largest absolute Gasteiger partial charge is 0.490 e. The number of carbonyl (C=O) groups excluding carboxylic acids is 2. The van der Waals surface area contributed by atoms with Gasteiger partial charge in [-0.1, -0.05) is 25.0 Å². The lowest BCUT2D eigenvalue weighted by molar-refractivity contribution is -0.192. The summed E-state index contributed by atoms with van der Waals surface area (Å²) in [5, 5.41) is 12.9. The van der Waals surface area contributed by atoms with Crippen LogP contribution in [0.3, 0.4) is 0 Å². The third-order valence-corrected chi connectivity index (χ3v) is 6.72. The van der Waals surface area contributed by atoms with Gasteiger partial charge in [0.05, 0.1) is 11.0 Å². The van der Waals surface area contributed by atoms with Gasteiger partial charge in [-0.15, -0.1) is 0 Å². The molecule has 2 aliphatic heterocycles. The summed E-state index contributed by atoms with van der Waals surface area (Å²) in [6, 6.07) is 5.32. The summed E-state index contributed by atoms with van der Waals surface area (Å²) in [5.74, 6) is -2.57. The second-order valence-corrected chi connectivity index (χ2v) is 9.21. The normalized spacial score (nSPS) is 19.1. The molecule has 36 heavy (non-hydrogen) atoms. The molecule has 2 saturated heterocycles. The number of hydrogen-bond acceptors (Lipinski definition) is 5.